The average Bonchev–Trinajstić information content (AvgIpc) is 2.55. The summed E-state index contributed by atoms with van der Waals surface area (Å²) in [6.45, 7) is 0.547. The topological polar surface area (TPSA) is 35.0 Å². The maximum Gasteiger partial charge on any atom is 0.138 e. The number of rotatable bonds is 4. The van der Waals surface area contributed by atoms with Gasteiger partial charge in [-0.05, 0) is 29.8 Å². The molecule has 0 radical (unpaired) electrons. The lowest BCUT2D eigenvalue weighted by atomic mass is 10.2. The Balaban J connectivity index is 1.68. The van der Waals surface area contributed by atoms with Crippen molar-refractivity contribution in [2.45, 2.75) is 6.61 Å². The van der Waals surface area contributed by atoms with Gasteiger partial charge in [0.2, 0.25) is 0 Å². The Bertz CT molecular complexity index is 652. The highest BCUT2D eigenvalue weighted by Crippen LogP contribution is 2.17. The zero-order chi connectivity index (χ0) is 13.6. The molecule has 3 rings (SSSR count). The summed E-state index contributed by atoms with van der Waals surface area (Å²) in [6, 6.07) is 19.7. The lowest BCUT2D eigenvalue weighted by molar-refractivity contribution is 0.305. The van der Waals surface area contributed by atoms with Gasteiger partial charge in [-0.2, -0.15) is 0 Å². The summed E-state index contributed by atoms with van der Waals surface area (Å²) in [5, 5.41) is 0. The summed E-state index contributed by atoms with van der Waals surface area (Å²) in [6.07, 6.45) is 3.49. The van der Waals surface area contributed by atoms with E-state index in [1.165, 1.54) is 0 Å². The van der Waals surface area contributed by atoms with E-state index in [9.17, 15) is 0 Å². The maximum atomic E-state index is 5.70. The van der Waals surface area contributed by atoms with Gasteiger partial charge < -0.3 is 4.74 Å². The Hall–Kier alpha value is -2.68. The molecule has 0 aliphatic heterocycles. The molecule has 0 saturated carbocycles. The lowest BCUT2D eigenvalue weighted by Gasteiger charge is -2.06. The Morgan fingerprint density at radius 1 is 0.750 bits per heavy atom. The minimum atomic E-state index is 0.547. The van der Waals surface area contributed by atoms with Crippen LogP contribution in [0.1, 0.15) is 5.56 Å². The van der Waals surface area contributed by atoms with Crippen LogP contribution in [0.3, 0.4) is 0 Å². The van der Waals surface area contributed by atoms with Crippen LogP contribution in [0.15, 0.2) is 73.1 Å². The van der Waals surface area contributed by atoms with Crippen molar-refractivity contribution in [3.63, 3.8) is 0 Å². The van der Waals surface area contributed by atoms with Crippen molar-refractivity contribution in [3.05, 3.63) is 78.6 Å². The summed E-state index contributed by atoms with van der Waals surface area (Å²) in [4.78, 5) is 8.64. The van der Waals surface area contributed by atoms with E-state index in [0.717, 1.165) is 22.7 Å². The molecule has 2 heterocycles. The molecule has 0 amide bonds. The van der Waals surface area contributed by atoms with E-state index in [-0.39, 0.29) is 0 Å². The lowest BCUT2D eigenvalue weighted by Crippen LogP contribution is -1.96. The van der Waals surface area contributed by atoms with Gasteiger partial charge in [0.1, 0.15) is 12.4 Å². The minimum Gasteiger partial charge on any atom is -0.487 e. The first kappa shape index (κ1) is 12.4. The van der Waals surface area contributed by atoms with Gasteiger partial charge in [0.15, 0.2) is 0 Å². The van der Waals surface area contributed by atoms with Crippen molar-refractivity contribution >= 4 is 0 Å². The third-order valence-electron chi connectivity index (χ3n) is 2.91. The second-order valence-corrected chi connectivity index (χ2v) is 4.37. The summed E-state index contributed by atoms with van der Waals surface area (Å²) >= 11 is 0. The molecular formula is C17H14N2O. The third kappa shape index (κ3) is 3.01. The van der Waals surface area contributed by atoms with Gasteiger partial charge in [0.25, 0.3) is 0 Å². The van der Waals surface area contributed by atoms with Crippen molar-refractivity contribution in [1.82, 2.24) is 9.97 Å². The Kier molecular flexibility index (Phi) is 3.69. The molecule has 0 N–H and O–H groups in total. The fourth-order valence-corrected chi connectivity index (χ4v) is 1.87. The van der Waals surface area contributed by atoms with E-state index in [4.69, 9.17) is 4.74 Å². The first-order chi connectivity index (χ1) is 9.92. The Morgan fingerprint density at radius 2 is 1.55 bits per heavy atom. The number of nitrogens with zero attached hydrogens (tertiary/aromatic N) is 2. The highest BCUT2D eigenvalue weighted by molar-refractivity contribution is 5.53. The molecule has 0 atom stereocenters. The molecule has 98 valence electrons. The molecule has 0 unspecified atom stereocenters. The van der Waals surface area contributed by atoms with Crippen LogP contribution in [0.5, 0.6) is 5.75 Å². The van der Waals surface area contributed by atoms with Crippen molar-refractivity contribution in [3.8, 4) is 17.1 Å². The first-order valence-electron chi connectivity index (χ1n) is 6.46. The number of hydrogen-bond donors (Lipinski definition) is 0. The second-order valence-electron chi connectivity index (χ2n) is 4.37. The summed E-state index contributed by atoms with van der Waals surface area (Å²) < 4.78 is 5.70. The standard InChI is InChI=1S/C17H14N2O/c1-2-6-14(7-3-1)13-20-15-9-10-17(19-12-15)16-8-4-5-11-18-16/h1-12H,13H2. The molecule has 0 saturated heterocycles. The average molecular weight is 262 g/mol. The highest BCUT2D eigenvalue weighted by atomic mass is 16.5. The van der Waals surface area contributed by atoms with Crippen molar-refractivity contribution < 1.29 is 4.74 Å². The summed E-state index contributed by atoms with van der Waals surface area (Å²) in [5.41, 5.74) is 2.85. The SMILES string of the molecule is c1ccc(COc2ccc(-c3ccccn3)nc2)cc1. The van der Waals surface area contributed by atoms with Crippen molar-refractivity contribution in [1.29, 1.82) is 0 Å². The monoisotopic (exact) mass is 262 g/mol. The van der Waals surface area contributed by atoms with Gasteiger partial charge >= 0.3 is 0 Å². The molecule has 20 heavy (non-hydrogen) atoms. The molecule has 2 aromatic heterocycles. The molecule has 3 nitrogen and oxygen atoms in total. The summed E-state index contributed by atoms with van der Waals surface area (Å²) in [5.74, 6) is 0.758. The van der Waals surface area contributed by atoms with Crippen LogP contribution in [0.4, 0.5) is 0 Å². The molecule has 3 aromatic rings. The second kappa shape index (κ2) is 5.97. The summed E-state index contributed by atoms with van der Waals surface area (Å²) in [7, 11) is 0. The number of pyridine rings is 2. The van der Waals surface area contributed by atoms with Gasteiger partial charge in [0.05, 0.1) is 17.6 Å². The van der Waals surface area contributed by atoms with Crippen LogP contribution in [0.25, 0.3) is 11.4 Å². The molecule has 0 spiro atoms. The molecule has 0 bridgehead atoms. The number of hydrogen-bond acceptors (Lipinski definition) is 3. The number of benzene rings is 1. The number of aromatic nitrogens is 2. The largest absolute Gasteiger partial charge is 0.487 e. The molecule has 0 fully saturated rings. The van der Waals surface area contributed by atoms with Gasteiger partial charge in [-0.3, -0.25) is 9.97 Å². The predicted molar refractivity (Wildman–Crippen MR) is 78.2 cm³/mol. The molecule has 1 aromatic carbocycles. The van der Waals surface area contributed by atoms with Gasteiger partial charge in [-0.15, -0.1) is 0 Å². The van der Waals surface area contributed by atoms with E-state index in [1.807, 2.05) is 60.7 Å². The number of ether oxygens (including phenoxy) is 1. The van der Waals surface area contributed by atoms with E-state index in [2.05, 4.69) is 9.97 Å². The predicted octanol–water partition coefficient (Wildman–Crippen LogP) is 3.72. The first-order valence-corrected chi connectivity index (χ1v) is 6.46. The van der Waals surface area contributed by atoms with Crippen LogP contribution >= 0.6 is 0 Å². The van der Waals surface area contributed by atoms with Gasteiger partial charge in [-0.1, -0.05) is 36.4 Å². The minimum absolute atomic E-state index is 0.547. The normalized spacial score (nSPS) is 10.2. The van der Waals surface area contributed by atoms with Crippen LogP contribution < -0.4 is 4.74 Å². The Labute approximate surface area is 117 Å². The third-order valence-corrected chi connectivity index (χ3v) is 2.91. The van der Waals surface area contributed by atoms with Crippen molar-refractivity contribution in [2.24, 2.45) is 0 Å². The van der Waals surface area contributed by atoms with E-state index in [0.29, 0.717) is 6.61 Å². The molecular weight excluding hydrogens is 248 g/mol. The zero-order valence-corrected chi connectivity index (χ0v) is 10.9. The van der Waals surface area contributed by atoms with Gasteiger partial charge in [-0.25, -0.2) is 0 Å². The zero-order valence-electron chi connectivity index (χ0n) is 10.9. The fraction of sp³-hybridized carbons (Fsp3) is 0.0588. The fourth-order valence-electron chi connectivity index (χ4n) is 1.87. The van der Waals surface area contributed by atoms with Crippen LogP contribution in [-0.4, -0.2) is 9.97 Å². The molecule has 3 heteroatoms. The highest BCUT2D eigenvalue weighted by Gasteiger charge is 2.01. The van der Waals surface area contributed by atoms with Crippen LogP contribution in [0.2, 0.25) is 0 Å². The maximum absolute atomic E-state index is 5.70. The Morgan fingerprint density at radius 3 is 2.25 bits per heavy atom. The van der Waals surface area contributed by atoms with E-state index in [1.54, 1.807) is 12.4 Å². The van der Waals surface area contributed by atoms with Crippen LogP contribution in [-0.2, 0) is 6.61 Å². The van der Waals surface area contributed by atoms with E-state index < -0.39 is 0 Å². The van der Waals surface area contributed by atoms with E-state index >= 15 is 0 Å². The quantitative estimate of drug-likeness (QED) is 0.718. The smallest absolute Gasteiger partial charge is 0.138 e. The van der Waals surface area contributed by atoms with Gasteiger partial charge in [0, 0.05) is 6.20 Å². The molecule has 0 aliphatic rings. The van der Waals surface area contributed by atoms with Crippen LogP contribution in [0, 0.1) is 0 Å². The van der Waals surface area contributed by atoms with Crippen molar-refractivity contribution in [2.75, 3.05) is 0 Å². The molecule has 0 aliphatic carbocycles.